The molecule has 0 fully saturated rings. The third-order valence-electron chi connectivity index (χ3n) is 4.77. The van der Waals surface area contributed by atoms with E-state index in [0.29, 0.717) is 12.1 Å². The van der Waals surface area contributed by atoms with E-state index in [4.69, 9.17) is 0 Å². The van der Waals surface area contributed by atoms with E-state index in [-0.39, 0.29) is 5.91 Å². The van der Waals surface area contributed by atoms with E-state index >= 15 is 0 Å². The Labute approximate surface area is 164 Å². The molecule has 0 aliphatic heterocycles. The first-order valence-electron chi connectivity index (χ1n) is 9.41. The minimum Gasteiger partial charge on any atom is -0.321 e. The van der Waals surface area contributed by atoms with Crippen molar-refractivity contribution in [3.8, 4) is 0 Å². The zero-order chi connectivity index (χ0) is 19.5. The second kappa shape index (κ2) is 7.64. The topological polar surface area (TPSA) is 59.3 Å². The van der Waals surface area contributed by atoms with Crippen LogP contribution in [0.1, 0.15) is 39.8 Å². The fourth-order valence-corrected chi connectivity index (χ4v) is 3.31. The first-order valence-corrected chi connectivity index (χ1v) is 9.41. The lowest BCUT2D eigenvalue weighted by atomic mass is 10.1. The van der Waals surface area contributed by atoms with Crippen molar-refractivity contribution in [2.24, 2.45) is 0 Å². The third kappa shape index (κ3) is 3.64. The summed E-state index contributed by atoms with van der Waals surface area (Å²) < 4.78 is 1.86. The first kappa shape index (κ1) is 17.9. The Morgan fingerprint density at radius 2 is 1.75 bits per heavy atom. The van der Waals surface area contributed by atoms with Gasteiger partial charge in [-0.05, 0) is 72.9 Å². The van der Waals surface area contributed by atoms with Crippen LogP contribution in [0.5, 0.6) is 0 Å². The van der Waals surface area contributed by atoms with Crippen LogP contribution in [0, 0.1) is 6.92 Å². The monoisotopic (exact) mass is 370 g/mol. The molecule has 4 aromatic rings. The van der Waals surface area contributed by atoms with Gasteiger partial charge >= 0.3 is 0 Å². The molecule has 28 heavy (non-hydrogen) atoms. The molecule has 1 aromatic carbocycles. The van der Waals surface area contributed by atoms with Crippen molar-refractivity contribution >= 4 is 17.2 Å². The van der Waals surface area contributed by atoms with E-state index in [0.717, 1.165) is 29.0 Å². The van der Waals surface area contributed by atoms with Crippen molar-refractivity contribution in [2.45, 2.75) is 26.7 Å². The second-order valence-electron chi connectivity index (χ2n) is 6.88. The van der Waals surface area contributed by atoms with Gasteiger partial charge in [0, 0.05) is 24.3 Å². The fraction of sp³-hybridized carbons (Fsp3) is 0.174. The Bertz CT molecular complexity index is 1110. The molecule has 0 aliphatic carbocycles. The molecule has 5 heteroatoms. The number of nitrogens with one attached hydrogen (secondary N) is 1. The zero-order valence-corrected chi connectivity index (χ0v) is 16.0. The molecule has 1 N–H and O–H groups in total. The number of imidazole rings is 1. The molecular weight excluding hydrogens is 348 g/mol. The summed E-state index contributed by atoms with van der Waals surface area (Å²) in [6.45, 7) is 4.03. The lowest BCUT2D eigenvalue weighted by Crippen LogP contribution is -2.16. The number of fused-ring (bicyclic) bond motifs is 1. The van der Waals surface area contributed by atoms with Gasteiger partial charge in [-0.3, -0.25) is 14.2 Å². The highest BCUT2D eigenvalue weighted by molar-refractivity contribution is 6.04. The molecule has 0 unspecified atom stereocenters. The van der Waals surface area contributed by atoms with E-state index < -0.39 is 0 Å². The van der Waals surface area contributed by atoms with E-state index in [2.05, 4.69) is 15.3 Å². The largest absolute Gasteiger partial charge is 0.321 e. The lowest BCUT2D eigenvalue weighted by molar-refractivity contribution is 0.102. The summed E-state index contributed by atoms with van der Waals surface area (Å²) >= 11 is 0. The maximum Gasteiger partial charge on any atom is 0.274 e. The van der Waals surface area contributed by atoms with Gasteiger partial charge in [-0.2, -0.15) is 0 Å². The van der Waals surface area contributed by atoms with Crippen molar-refractivity contribution in [2.75, 3.05) is 5.32 Å². The maximum atomic E-state index is 13.0. The predicted molar refractivity (Wildman–Crippen MR) is 111 cm³/mol. The normalized spacial score (nSPS) is 10.9. The van der Waals surface area contributed by atoms with Gasteiger partial charge in [0.2, 0.25) is 0 Å². The van der Waals surface area contributed by atoms with Crippen LogP contribution >= 0.6 is 0 Å². The van der Waals surface area contributed by atoms with Gasteiger partial charge in [-0.25, -0.2) is 4.98 Å². The number of pyridine rings is 2. The highest BCUT2D eigenvalue weighted by Crippen LogP contribution is 2.18. The van der Waals surface area contributed by atoms with E-state index in [1.807, 2.05) is 73.0 Å². The first-order chi connectivity index (χ1) is 13.6. The Kier molecular flexibility index (Phi) is 4.89. The van der Waals surface area contributed by atoms with Gasteiger partial charge in [0.1, 0.15) is 11.3 Å². The summed E-state index contributed by atoms with van der Waals surface area (Å²) in [5.41, 5.74) is 6.49. The number of rotatable bonds is 5. The highest BCUT2D eigenvalue weighted by atomic mass is 16.2. The SMILES string of the molecule is CCc1nc2cc(C)ccn2c1C(=O)Nc1ccc(Cc2ccncc2)cc1. The number of benzene rings is 1. The summed E-state index contributed by atoms with van der Waals surface area (Å²) in [5.74, 6) is -0.143. The van der Waals surface area contributed by atoms with Gasteiger partial charge in [0.05, 0.1) is 5.69 Å². The molecule has 0 aliphatic rings. The number of carbonyl (C=O) groups excluding carboxylic acids is 1. The maximum absolute atomic E-state index is 13.0. The Hall–Kier alpha value is -3.47. The molecule has 0 spiro atoms. The summed E-state index contributed by atoms with van der Waals surface area (Å²) in [6.07, 6.45) is 7.04. The summed E-state index contributed by atoms with van der Waals surface area (Å²) in [5, 5.41) is 3.01. The molecule has 0 atom stereocenters. The van der Waals surface area contributed by atoms with Gasteiger partial charge in [-0.15, -0.1) is 0 Å². The van der Waals surface area contributed by atoms with Crippen LogP contribution in [0.4, 0.5) is 5.69 Å². The molecule has 0 radical (unpaired) electrons. The summed E-state index contributed by atoms with van der Waals surface area (Å²) in [6, 6.07) is 15.9. The standard InChI is InChI=1S/C23H22N4O/c1-3-20-22(27-13-10-16(2)14-21(27)26-20)23(28)25-19-6-4-17(5-7-19)15-18-8-11-24-12-9-18/h4-14H,3,15H2,1-2H3,(H,25,28). The lowest BCUT2D eigenvalue weighted by Gasteiger charge is -2.08. The zero-order valence-electron chi connectivity index (χ0n) is 16.0. The van der Waals surface area contributed by atoms with Crippen LogP contribution in [0.15, 0.2) is 67.1 Å². The fourth-order valence-electron chi connectivity index (χ4n) is 3.31. The number of aryl methyl sites for hydroxylation is 2. The van der Waals surface area contributed by atoms with Crippen molar-refractivity contribution in [1.29, 1.82) is 0 Å². The van der Waals surface area contributed by atoms with E-state index in [1.54, 1.807) is 12.4 Å². The molecule has 0 saturated heterocycles. The second-order valence-corrected chi connectivity index (χ2v) is 6.88. The third-order valence-corrected chi connectivity index (χ3v) is 4.77. The van der Waals surface area contributed by atoms with Gasteiger partial charge in [-0.1, -0.05) is 19.1 Å². The number of nitrogens with zero attached hydrogens (tertiary/aromatic N) is 3. The Morgan fingerprint density at radius 1 is 1.04 bits per heavy atom. The quantitative estimate of drug-likeness (QED) is 0.565. The smallest absolute Gasteiger partial charge is 0.274 e. The molecule has 3 heterocycles. The van der Waals surface area contributed by atoms with Crippen molar-refractivity contribution < 1.29 is 4.79 Å². The number of anilines is 1. The number of carbonyl (C=O) groups is 1. The van der Waals surface area contributed by atoms with Gasteiger partial charge in [0.25, 0.3) is 5.91 Å². The Balaban J connectivity index is 1.55. The van der Waals surface area contributed by atoms with Crippen molar-refractivity contribution in [3.63, 3.8) is 0 Å². The molecule has 1 amide bonds. The van der Waals surface area contributed by atoms with Crippen LogP contribution in [-0.2, 0) is 12.8 Å². The van der Waals surface area contributed by atoms with Crippen LogP contribution < -0.4 is 5.32 Å². The number of hydrogen-bond acceptors (Lipinski definition) is 3. The van der Waals surface area contributed by atoms with Gasteiger partial charge < -0.3 is 5.32 Å². The molecule has 140 valence electrons. The molecule has 3 aromatic heterocycles. The number of hydrogen-bond donors (Lipinski definition) is 1. The number of aromatic nitrogens is 3. The molecule has 4 rings (SSSR count). The van der Waals surface area contributed by atoms with Crippen LogP contribution in [-0.4, -0.2) is 20.3 Å². The van der Waals surface area contributed by atoms with Crippen molar-refractivity contribution in [3.05, 3.63) is 95.2 Å². The molecular formula is C23H22N4O. The predicted octanol–water partition coefficient (Wildman–Crippen LogP) is 4.44. The average Bonchev–Trinajstić information content (AvgIpc) is 3.08. The Morgan fingerprint density at radius 3 is 2.46 bits per heavy atom. The van der Waals surface area contributed by atoms with E-state index in [9.17, 15) is 4.79 Å². The van der Waals surface area contributed by atoms with Gasteiger partial charge in [0.15, 0.2) is 0 Å². The van der Waals surface area contributed by atoms with E-state index in [1.165, 1.54) is 11.1 Å². The molecule has 5 nitrogen and oxygen atoms in total. The van der Waals surface area contributed by atoms with Crippen LogP contribution in [0.25, 0.3) is 5.65 Å². The van der Waals surface area contributed by atoms with Crippen molar-refractivity contribution in [1.82, 2.24) is 14.4 Å². The summed E-state index contributed by atoms with van der Waals surface area (Å²) in [4.78, 5) is 21.6. The molecule has 0 saturated carbocycles. The highest BCUT2D eigenvalue weighted by Gasteiger charge is 2.18. The van der Waals surface area contributed by atoms with Crippen LogP contribution in [0.2, 0.25) is 0 Å². The van der Waals surface area contributed by atoms with Crippen LogP contribution in [0.3, 0.4) is 0 Å². The molecule has 0 bridgehead atoms. The number of amides is 1. The summed E-state index contributed by atoms with van der Waals surface area (Å²) in [7, 11) is 0. The minimum absolute atomic E-state index is 0.143. The average molecular weight is 370 g/mol. The minimum atomic E-state index is -0.143.